The van der Waals surface area contributed by atoms with Gasteiger partial charge in [-0.3, -0.25) is 14.4 Å². The molecule has 0 aliphatic heterocycles. The molecular formula is C59H90O6. The molecule has 0 aromatic rings. The topological polar surface area (TPSA) is 78.9 Å². The van der Waals surface area contributed by atoms with Crippen molar-refractivity contribution in [2.75, 3.05) is 13.2 Å². The summed E-state index contributed by atoms with van der Waals surface area (Å²) in [6.07, 6.45) is 74.0. The van der Waals surface area contributed by atoms with Gasteiger partial charge in [0.2, 0.25) is 0 Å². The Kier molecular flexibility index (Phi) is 48.2. The van der Waals surface area contributed by atoms with Crippen LogP contribution in [0.15, 0.2) is 146 Å². The summed E-state index contributed by atoms with van der Waals surface area (Å²) in [7, 11) is 0. The van der Waals surface area contributed by atoms with Crippen LogP contribution in [0.3, 0.4) is 0 Å². The first-order valence-corrected chi connectivity index (χ1v) is 25.4. The average molecular weight is 895 g/mol. The van der Waals surface area contributed by atoms with Crippen LogP contribution in [0.2, 0.25) is 0 Å². The molecule has 0 aliphatic carbocycles. The normalized spacial score (nSPS) is 13.3. The van der Waals surface area contributed by atoms with Crippen LogP contribution in [-0.4, -0.2) is 37.2 Å². The molecule has 0 heterocycles. The van der Waals surface area contributed by atoms with Crippen LogP contribution in [-0.2, 0) is 28.6 Å². The highest BCUT2D eigenvalue weighted by Gasteiger charge is 2.19. The molecule has 0 N–H and O–H groups in total. The molecule has 0 saturated carbocycles. The van der Waals surface area contributed by atoms with Gasteiger partial charge in [-0.2, -0.15) is 0 Å². The summed E-state index contributed by atoms with van der Waals surface area (Å²) in [5.41, 5.74) is 0. The molecule has 0 aromatic heterocycles. The molecule has 0 spiro atoms. The molecule has 0 radical (unpaired) electrons. The fourth-order valence-electron chi connectivity index (χ4n) is 6.22. The maximum Gasteiger partial charge on any atom is 0.306 e. The van der Waals surface area contributed by atoms with Crippen molar-refractivity contribution >= 4 is 17.9 Å². The molecule has 0 aromatic carbocycles. The molecule has 362 valence electrons. The van der Waals surface area contributed by atoms with E-state index in [1.165, 1.54) is 19.3 Å². The molecule has 1 unspecified atom stereocenters. The predicted molar refractivity (Wildman–Crippen MR) is 279 cm³/mol. The van der Waals surface area contributed by atoms with E-state index in [1.807, 2.05) is 36.5 Å². The Bertz CT molecular complexity index is 1490. The summed E-state index contributed by atoms with van der Waals surface area (Å²) >= 11 is 0. The minimum absolute atomic E-state index is 0.123. The number of esters is 3. The van der Waals surface area contributed by atoms with E-state index in [4.69, 9.17) is 14.2 Å². The molecule has 0 bridgehead atoms. The van der Waals surface area contributed by atoms with Gasteiger partial charge in [0, 0.05) is 19.3 Å². The third kappa shape index (κ3) is 50.2. The fourth-order valence-corrected chi connectivity index (χ4v) is 6.22. The molecule has 6 nitrogen and oxygen atoms in total. The number of carbonyl (C=O) groups excluding carboxylic acids is 3. The van der Waals surface area contributed by atoms with Crippen molar-refractivity contribution in [2.24, 2.45) is 0 Å². The number of ether oxygens (including phenoxy) is 3. The van der Waals surface area contributed by atoms with Gasteiger partial charge in [-0.15, -0.1) is 0 Å². The standard InChI is InChI=1S/C59H90O6/c1-4-7-10-13-16-19-22-25-27-29-30-32-34-37-40-43-46-49-52-58(61)64-55-56(54-63-57(60)51-48-45-42-39-36-33-24-21-18-15-12-9-6-3)65-59(62)53-50-47-44-41-38-35-31-28-26-23-20-17-14-11-8-5-2/h8-9,11-12,15-22,24-30,32-33,35-36,38,56H,4-7,10,13-14,23,31,34,37,39-55H2,1-3H3/b11-8-,12-9-,18-15-,19-16-,20-17-,24-21-,25-22-,28-26-,29-27-,32-30-,36-33-,38-35-. The van der Waals surface area contributed by atoms with Crippen LogP contribution in [0, 0.1) is 0 Å². The highest BCUT2D eigenvalue weighted by molar-refractivity contribution is 5.71. The largest absolute Gasteiger partial charge is 0.462 e. The zero-order valence-electron chi connectivity index (χ0n) is 41.2. The summed E-state index contributed by atoms with van der Waals surface area (Å²) in [4.78, 5) is 38.0. The zero-order valence-corrected chi connectivity index (χ0v) is 41.2. The van der Waals surface area contributed by atoms with Crippen LogP contribution in [0.4, 0.5) is 0 Å². The van der Waals surface area contributed by atoms with Gasteiger partial charge in [-0.25, -0.2) is 0 Å². The molecule has 0 amide bonds. The van der Waals surface area contributed by atoms with Crippen molar-refractivity contribution in [1.82, 2.24) is 0 Å². The first-order chi connectivity index (χ1) is 32.0. The SMILES string of the molecule is CC\C=C/C=C\C=C/C=C\CCCCCC(=O)OCC(COC(=O)CCCCCCC\C=C/C=C\C=C/C=C\CCCCC)OC(=O)CCCCC/C=C\C/C=C\C/C=C\C/C=C\CC. The Morgan fingerprint density at radius 2 is 0.677 bits per heavy atom. The van der Waals surface area contributed by atoms with Gasteiger partial charge < -0.3 is 14.2 Å². The highest BCUT2D eigenvalue weighted by Crippen LogP contribution is 2.12. The van der Waals surface area contributed by atoms with E-state index in [0.29, 0.717) is 19.3 Å². The van der Waals surface area contributed by atoms with E-state index in [-0.39, 0.29) is 37.5 Å². The summed E-state index contributed by atoms with van der Waals surface area (Å²) in [5, 5.41) is 0. The number of allylic oxidation sites excluding steroid dienone is 24. The number of unbranched alkanes of at least 4 members (excludes halogenated alkanes) is 14. The molecule has 1 atom stereocenters. The van der Waals surface area contributed by atoms with Crippen molar-refractivity contribution in [1.29, 1.82) is 0 Å². The van der Waals surface area contributed by atoms with Gasteiger partial charge >= 0.3 is 17.9 Å². The number of hydrogen-bond acceptors (Lipinski definition) is 6. The minimum atomic E-state index is -0.827. The minimum Gasteiger partial charge on any atom is -0.462 e. The van der Waals surface area contributed by atoms with Crippen molar-refractivity contribution < 1.29 is 28.6 Å². The Hall–Kier alpha value is -4.71. The lowest BCUT2D eigenvalue weighted by Crippen LogP contribution is -2.30. The van der Waals surface area contributed by atoms with E-state index >= 15 is 0 Å². The summed E-state index contributed by atoms with van der Waals surface area (Å²) in [5.74, 6) is -1.03. The average Bonchev–Trinajstić information content (AvgIpc) is 3.30. The van der Waals surface area contributed by atoms with Crippen LogP contribution in [0.25, 0.3) is 0 Å². The van der Waals surface area contributed by atoms with Gasteiger partial charge in [0.1, 0.15) is 13.2 Å². The molecule has 0 rings (SSSR count). The third-order valence-electron chi connectivity index (χ3n) is 10.00. The summed E-state index contributed by atoms with van der Waals surface area (Å²) in [6, 6.07) is 0. The van der Waals surface area contributed by atoms with Crippen molar-refractivity contribution in [3.05, 3.63) is 146 Å². The van der Waals surface area contributed by atoms with Crippen molar-refractivity contribution in [3.8, 4) is 0 Å². The van der Waals surface area contributed by atoms with E-state index in [2.05, 4.69) is 130 Å². The highest BCUT2D eigenvalue weighted by atomic mass is 16.6. The van der Waals surface area contributed by atoms with E-state index in [0.717, 1.165) is 122 Å². The van der Waals surface area contributed by atoms with E-state index in [9.17, 15) is 14.4 Å². The van der Waals surface area contributed by atoms with E-state index < -0.39 is 6.10 Å². The Labute approximate surface area is 397 Å². The monoisotopic (exact) mass is 895 g/mol. The Morgan fingerprint density at radius 1 is 0.338 bits per heavy atom. The van der Waals surface area contributed by atoms with Gasteiger partial charge in [0.05, 0.1) is 0 Å². The lowest BCUT2D eigenvalue weighted by atomic mass is 10.1. The molecular weight excluding hydrogens is 805 g/mol. The molecule has 0 saturated heterocycles. The second-order valence-corrected chi connectivity index (χ2v) is 16.1. The van der Waals surface area contributed by atoms with Crippen LogP contribution in [0.1, 0.15) is 188 Å². The smallest absolute Gasteiger partial charge is 0.306 e. The molecule has 6 heteroatoms. The van der Waals surface area contributed by atoms with E-state index in [1.54, 1.807) is 0 Å². The first-order valence-electron chi connectivity index (χ1n) is 25.4. The fraction of sp³-hybridized carbons (Fsp3) is 0.542. The molecule has 65 heavy (non-hydrogen) atoms. The zero-order chi connectivity index (χ0) is 47.2. The van der Waals surface area contributed by atoms with Gasteiger partial charge in [-0.1, -0.05) is 212 Å². The summed E-state index contributed by atoms with van der Waals surface area (Å²) in [6.45, 7) is 6.23. The van der Waals surface area contributed by atoms with Crippen molar-refractivity contribution in [3.63, 3.8) is 0 Å². The Morgan fingerprint density at radius 3 is 1.14 bits per heavy atom. The van der Waals surface area contributed by atoms with Gasteiger partial charge in [-0.05, 0) is 103 Å². The van der Waals surface area contributed by atoms with Gasteiger partial charge in [0.15, 0.2) is 6.10 Å². The van der Waals surface area contributed by atoms with Crippen LogP contribution >= 0.6 is 0 Å². The quantitative estimate of drug-likeness (QED) is 0.0199. The molecule has 0 aliphatic rings. The third-order valence-corrected chi connectivity index (χ3v) is 10.00. The first kappa shape index (κ1) is 60.3. The maximum atomic E-state index is 12.8. The van der Waals surface area contributed by atoms with Crippen LogP contribution in [0.5, 0.6) is 0 Å². The number of carbonyl (C=O) groups is 3. The van der Waals surface area contributed by atoms with Crippen molar-refractivity contribution in [2.45, 2.75) is 194 Å². The second-order valence-electron chi connectivity index (χ2n) is 16.1. The van der Waals surface area contributed by atoms with Gasteiger partial charge in [0.25, 0.3) is 0 Å². The number of rotatable bonds is 43. The molecule has 0 fully saturated rings. The maximum absolute atomic E-state index is 12.8. The number of hydrogen-bond donors (Lipinski definition) is 0. The lowest BCUT2D eigenvalue weighted by Gasteiger charge is -2.18. The lowest BCUT2D eigenvalue weighted by molar-refractivity contribution is -0.167. The van der Waals surface area contributed by atoms with Crippen LogP contribution < -0.4 is 0 Å². The predicted octanol–water partition coefficient (Wildman–Crippen LogP) is 16.9. The summed E-state index contributed by atoms with van der Waals surface area (Å²) < 4.78 is 16.7. The second kappa shape index (κ2) is 51.9. The Balaban J connectivity index is 4.58.